The molecule has 0 atom stereocenters. The number of aromatic amines is 4. The van der Waals surface area contributed by atoms with Gasteiger partial charge in [0.15, 0.2) is 0 Å². The Balaban J connectivity index is 0.000000129. The minimum Gasteiger partial charge on any atom is -0.507 e. The summed E-state index contributed by atoms with van der Waals surface area (Å²) in [6.45, 7) is 0. The summed E-state index contributed by atoms with van der Waals surface area (Å²) >= 11 is 0. The topological polar surface area (TPSA) is 212 Å². The molecule has 12 nitrogen and oxygen atoms in total. The average Bonchev–Trinajstić information content (AvgIpc) is 4.13. The molecule has 3 fully saturated rings. The molecular formula is C68H70N4O8. The Morgan fingerprint density at radius 3 is 0.850 bits per heavy atom. The number of rotatable bonds is 12. The van der Waals surface area contributed by atoms with Crippen LogP contribution in [0.1, 0.15) is 99.0 Å². The predicted molar refractivity (Wildman–Crippen MR) is 318 cm³/mol. The van der Waals surface area contributed by atoms with Gasteiger partial charge < -0.3 is 40.4 Å². The van der Waals surface area contributed by atoms with Gasteiger partial charge in [-0.1, -0.05) is 209 Å². The van der Waals surface area contributed by atoms with E-state index in [1.165, 1.54) is 70.6 Å². The van der Waals surface area contributed by atoms with Crippen LogP contribution in [0.2, 0.25) is 0 Å². The predicted octanol–water partition coefficient (Wildman–Crippen LogP) is 13.4. The van der Waals surface area contributed by atoms with E-state index in [0.29, 0.717) is 57.7 Å². The SMILES string of the molecule is O=c1[nH]c(CC2CC2)cc(O)c1-c1ccccc1.O=c1[nH]c(CC2CCCC2)cc(O)c1-c1ccccc1.O=c1[nH]c(CC2CCCCC2)cc(O)c1-c1ccccc1.O=c1[nH]c(Cc2ccccc2)cc(O)c1-c1ccccc1. The van der Waals surface area contributed by atoms with Crippen LogP contribution >= 0.6 is 0 Å². The summed E-state index contributed by atoms with van der Waals surface area (Å²) in [5.41, 5.74) is 7.77. The highest BCUT2D eigenvalue weighted by Gasteiger charge is 2.23. The fraction of sp³-hybridized carbons (Fsp3) is 0.265. The van der Waals surface area contributed by atoms with Gasteiger partial charge in [0.1, 0.15) is 23.0 Å². The summed E-state index contributed by atoms with van der Waals surface area (Å²) < 4.78 is 0. The van der Waals surface area contributed by atoms with Gasteiger partial charge in [-0.15, -0.1) is 0 Å². The zero-order valence-electron chi connectivity index (χ0n) is 45.0. The molecule has 0 spiro atoms. The molecule has 0 aliphatic heterocycles. The molecule has 8 N–H and O–H groups in total. The highest BCUT2D eigenvalue weighted by molar-refractivity contribution is 5.71. The smallest absolute Gasteiger partial charge is 0.259 e. The molecule has 12 rings (SSSR count). The Hall–Kier alpha value is -8.90. The Morgan fingerprint density at radius 2 is 0.562 bits per heavy atom. The summed E-state index contributed by atoms with van der Waals surface area (Å²) in [7, 11) is 0. The van der Waals surface area contributed by atoms with E-state index < -0.39 is 0 Å². The lowest BCUT2D eigenvalue weighted by molar-refractivity contribution is 0.353. The van der Waals surface area contributed by atoms with Gasteiger partial charge in [-0.25, -0.2) is 0 Å². The van der Waals surface area contributed by atoms with Crippen LogP contribution in [0.15, 0.2) is 195 Å². The van der Waals surface area contributed by atoms with E-state index in [4.69, 9.17) is 0 Å². The van der Waals surface area contributed by atoms with Crippen LogP contribution in [0, 0.1) is 17.8 Å². The Morgan fingerprint density at radius 1 is 0.312 bits per heavy atom. The van der Waals surface area contributed by atoms with E-state index >= 15 is 0 Å². The molecule has 12 heteroatoms. The molecule has 5 aromatic carbocycles. The van der Waals surface area contributed by atoms with Crippen molar-refractivity contribution in [2.45, 2.75) is 96.3 Å². The fourth-order valence-corrected chi connectivity index (χ4v) is 11.0. The second-order valence-electron chi connectivity index (χ2n) is 21.4. The highest BCUT2D eigenvalue weighted by Crippen LogP contribution is 2.35. The largest absolute Gasteiger partial charge is 0.507 e. The molecule has 4 aromatic heterocycles. The van der Waals surface area contributed by atoms with E-state index in [1.54, 1.807) is 36.4 Å². The molecule has 0 radical (unpaired) electrons. The lowest BCUT2D eigenvalue weighted by Crippen LogP contribution is -2.16. The quantitative estimate of drug-likeness (QED) is 0.0588. The zero-order valence-corrected chi connectivity index (χ0v) is 45.0. The first kappa shape index (κ1) is 55.8. The minimum atomic E-state index is -0.271. The van der Waals surface area contributed by atoms with Gasteiger partial charge in [0.2, 0.25) is 0 Å². The van der Waals surface area contributed by atoms with Crippen LogP contribution in [0.25, 0.3) is 44.5 Å². The maximum atomic E-state index is 12.3. The summed E-state index contributed by atoms with van der Waals surface area (Å²) in [5.74, 6) is 2.20. The van der Waals surface area contributed by atoms with Crippen molar-refractivity contribution in [1.29, 1.82) is 0 Å². The van der Waals surface area contributed by atoms with Gasteiger partial charge in [-0.05, 0) is 77.7 Å². The Kier molecular flexibility index (Phi) is 18.9. The third-order valence-electron chi connectivity index (χ3n) is 15.2. The van der Waals surface area contributed by atoms with E-state index in [9.17, 15) is 39.6 Å². The van der Waals surface area contributed by atoms with Gasteiger partial charge in [0, 0.05) is 53.5 Å². The molecular weight excluding hydrogens is 1000 g/mol. The van der Waals surface area contributed by atoms with Crippen molar-refractivity contribution in [3.63, 3.8) is 0 Å². The summed E-state index contributed by atoms with van der Waals surface area (Å²) in [4.78, 5) is 60.4. The summed E-state index contributed by atoms with van der Waals surface area (Å²) in [6.07, 6.45) is 17.0. The zero-order chi connectivity index (χ0) is 55.8. The van der Waals surface area contributed by atoms with Crippen LogP contribution in [0.5, 0.6) is 23.0 Å². The van der Waals surface area contributed by atoms with Crippen LogP contribution < -0.4 is 22.2 Å². The third kappa shape index (κ3) is 15.2. The maximum Gasteiger partial charge on any atom is 0.259 e. The average molecular weight is 1070 g/mol. The number of hydrogen-bond donors (Lipinski definition) is 8. The van der Waals surface area contributed by atoms with Gasteiger partial charge in [0.25, 0.3) is 22.2 Å². The first-order chi connectivity index (χ1) is 38.9. The molecule has 410 valence electrons. The number of benzene rings is 5. The monoisotopic (exact) mass is 1070 g/mol. The Bertz CT molecular complexity index is 3680. The first-order valence-electron chi connectivity index (χ1n) is 28.0. The van der Waals surface area contributed by atoms with Crippen molar-refractivity contribution in [2.24, 2.45) is 17.8 Å². The van der Waals surface area contributed by atoms with Crippen molar-refractivity contribution in [3.8, 4) is 67.5 Å². The fourth-order valence-electron chi connectivity index (χ4n) is 11.0. The third-order valence-corrected chi connectivity index (χ3v) is 15.2. The molecule has 3 aliphatic rings. The number of hydrogen-bond acceptors (Lipinski definition) is 8. The second kappa shape index (κ2) is 27.1. The standard InChI is InChI=1S/C18H21NO2.C18H15NO2.C17H19NO2.C15H15NO2/c2*20-16-12-15(11-13-7-3-1-4-8-13)19-18(21)17(16)14-9-5-2-6-10-14;19-15-11-14(10-12-6-4-5-7-12)18-17(20)16(15)13-8-2-1-3-9-13;17-13-9-12(8-10-6-7-10)16-15(18)14(13)11-4-2-1-3-5-11/h2,5-6,9-10,12-13H,1,3-4,7-8,11H2,(H2,19,20,21);1-10,12H,11H2,(H2,19,20,21);1-3,8-9,11-12H,4-7,10H2,(H2,18,19,20);1-5,9-10H,6-8H2,(H2,16,17,18). The van der Waals surface area contributed by atoms with Gasteiger partial charge >= 0.3 is 0 Å². The van der Waals surface area contributed by atoms with Crippen molar-refractivity contribution in [1.82, 2.24) is 19.9 Å². The van der Waals surface area contributed by atoms with Crippen molar-refractivity contribution >= 4 is 0 Å². The van der Waals surface area contributed by atoms with Crippen molar-refractivity contribution < 1.29 is 20.4 Å². The van der Waals surface area contributed by atoms with Crippen LogP contribution in [-0.4, -0.2) is 40.4 Å². The normalized spacial score (nSPS) is 14.2. The first-order valence-corrected chi connectivity index (χ1v) is 28.0. The van der Waals surface area contributed by atoms with Crippen molar-refractivity contribution in [3.05, 3.63) is 246 Å². The summed E-state index contributed by atoms with van der Waals surface area (Å²) in [6, 6.07) is 53.5. The van der Waals surface area contributed by atoms with Crippen LogP contribution in [-0.2, 0) is 25.7 Å². The molecule has 0 bridgehead atoms. The molecule has 4 heterocycles. The summed E-state index contributed by atoms with van der Waals surface area (Å²) in [5, 5.41) is 40.6. The molecule has 0 saturated heterocycles. The van der Waals surface area contributed by atoms with Gasteiger partial charge in [-0.3, -0.25) is 19.2 Å². The number of nitrogens with one attached hydrogen (secondary N) is 4. The van der Waals surface area contributed by atoms with E-state index in [-0.39, 0.29) is 45.2 Å². The van der Waals surface area contributed by atoms with Gasteiger partial charge in [-0.2, -0.15) is 0 Å². The number of H-pyrrole nitrogens is 4. The maximum absolute atomic E-state index is 12.3. The van der Waals surface area contributed by atoms with Crippen molar-refractivity contribution in [2.75, 3.05) is 0 Å². The molecule has 0 unspecified atom stereocenters. The molecule has 9 aromatic rings. The number of aromatic hydroxyl groups is 4. The molecule has 3 aliphatic carbocycles. The lowest BCUT2D eigenvalue weighted by Gasteiger charge is -2.21. The van der Waals surface area contributed by atoms with Gasteiger partial charge in [0.05, 0.1) is 22.3 Å². The van der Waals surface area contributed by atoms with Crippen LogP contribution in [0.4, 0.5) is 0 Å². The van der Waals surface area contributed by atoms with E-state index in [2.05, 4.69) is 19.9 Å². The molecule has 3 saturated carbocycles. The second-order valence-corrected chi connectivity index (χ2v) is 21.4. The molecule has 0 amide bonds. The Labute approximate surface area is 465 Å². The minimum absolute atomic E-state index is 0.0101. The van der Waals surface area contributed by atoms with E-state index in [1.807, 2.05) is 140 Å². The number of aromatic nitrogens is 4. The van der Waals surface area contributed by atoms with E-state index in [0.717, 1.165) is 58.6 Å². The lowest BCUT2D eigenvalue weighted by atomic mass is 9.86. The number of pyridine rings is 4. The molecule has 80 heavy (non-hydrogen) atoms. The van der Waals surface area contributed by atoms with Crippen LogP contribution in [0.3, 0.4) is 0 Å². The highest BCUT2D eigenvalue weighted by atomic mass is 16.3.